The summed E-state index contributed by atoms with van der Waals surface area (Å²) in [6.07, 6.45) is 1.84. The van der Waals surface area contributed by atoms with Crippen molar-refractivity contribution in [3.63, 3.8) is 0 Å². The van der Waals surface area contributed by atoms with Crippen molar-refractivity contribution in [2.75, 3.05) is 0 Å². The minimum atomic E-state index is -0.758. The van der Waals surface area contributed by atoms with Gasteiger partial charge in [-0.3, -0.25) is 4.79 Å². The summed E-state index contributed by atoms with van der Waals surface area (Å²) in [5.41, 5.74) is 2.42. The number of hydrogen-bond acceptors (Lipinski definition) is 2. The van der Waals surface area contributed by atoms with E-state index in [0.717, 1.165) is 12.8 Å². The average molecular weight is 297 g/mol. The maximum atomic E-state index is 11.1. The van der Waals surface area contributed by atoms with Crippen LogP contribution in [-0.4, -0.2) is 17.1 Å². The van der Waals surface area contributed by atoms with Crippen LogP contribution >= 0.6 is 0 Å². The standard InChI is InChI=1S/C19H23NO2/c1-15(17-10-6-3-7-11-17)20-18(14-19(21)22)13-12-16-8-4-2-5-9-16/h2-11,15,18,20H,12-14H2,1H3,(H,21,22). The van der Waals surface area contributed by atoms with Gasteiger partial charge in [0.25, 0.3) is 0 Å². The monoisotopic (exact) mass is 297 g/mol. The van der Waals surface area contributed by atoms with E-state index in [9.17, 15) is 4.79 Å². The third kappa shape index (κ3) is 5.34. The van der Waals surface area contributed by atoms with E-state index >= 15 is 0 Å². The molecule has 3 heteroatoms. The molecule has 116 valence electrons. The Morgan fingerprint density at radius 3 is 2.23 bits per heavy atom. The first-order chi connectivity index (χ1) is 10.6. The van der Waals surface area contributed by atoms with Gasteiger partial charge in [0.2, 0.25) is 0 Å². The molecule has 0 amide bonds. The van der Waals surface area contributed by atoms with Crippen LogP contribution in [0.4, 0.5) is 0 Å². The Bertz CT molecular complexity index is 569. The number of aliphatic carboxylic acids is 1. The number of rotatable bonds is 8. The quantitative estimate of drug-likeness (QED) is 0.779. The molecule has 0 saturated carbocycles. The van der Waals surface area contributed by atoms with Gasteiger partial charge in [0.1, 0.15) is 0 Å². The molecule has 0 bridgehead atoms. The van der Waals surface area contributed by atoms with Crippen LogP contribution in [-0.2, 0) is 11.2 Å². The smallest absolute Gasteiger partial charge is 0.304 e. The summed E-state index contributed by atoms with van der Waals surface area (Å²) in [6, 6.07) is 20.4. The molecule has 2 unspecified atom stereocenters. The lowest BCUT2D eigenvalue weighted by Gasteiger charge is -2.22. The van der Waals surface area contributed by atoms with E-state index in [0.29, 0.717) is 0 Å². The molecule has 2 aromatic carbocycles. The van der Waals surface area contributed by atoms with E-state index < -0.39 is 5.97 Å². The van der Waals surface area contributed by atoms with Crippen LogP contribution in [0.1, 0.15) is 36.9 Å². The first-order valence-electron chi connectivity index (χ1n) is 7.72. The van der Waals surface area contributed by atoms with Crippen LogP contribution < -0.4 is 5.32 Å². The molecule has 0 saturated heterocycles. The van der Waals surface area contributed by atoms with Gasteiger partial charge in [-0.2, -0.15) is 0 Å². The number of carboxylic acids is 1. The van der Waals surface area contributed by atoms with Gasteiger partial charge in [0.15, 0.2) is 0 Å². The van der Waals surface area contributed by atoms with E-state index in [2.05, 4.69) is 36.5 Å². The van der Waals surface area contributed by atoms with Gasteiger partial charge >= 0.3 is 5.97 Å². The van der Waals surface area contributed by atoms with E-state index in [1.54, 1.807) is 0 Å². The van der Waals surface area contributed by atoms with Gasteiger partial charge in [-0.15, -0.1) is 0 Å². The lowest BCUT2D eigenvalue weighted by molar-refractivity contribution is -0.137. The molecule has 2 rings (SSSR count). The molecule has 0 aliphatic heterocycles. The predicted octanol–water partition coefficient (Wildman–Crippen LogP) is 3.81. The second kappa shape index (κ2) is 8.35. The van der Waals surface area contributed by atoms with E-state index in [4.69, 9.17) is 5.11 Å². The Kier molecular flexibility index (Phi) is 6.16. The molecule has 0 aliphatic rings. The molecular formula is C19H23NO2. The van der Waals surface area contributed by atoms with Gasteiger partial charge < -0.3 is 10.4 Å². The van der Waals surface area contributed by atoms with Crippen LogP contribution in [0.2, 0.25) is 0 Å². The number of benzene rings is 2. The highest BCUT2D eigenvalue weighted by Gasteiger charge is 2.16. The highest BCUT2D eigenvalue weighted by molar-refractivity contribution is 5.67. The van der Waals surface area contributed by atoms with Crippen LogP contribution in [0.3, 0.4) is 0 Å². The molecule has 2 atom stereocenters. The topological polar surface area (TPSA) is 49.3 Å². The maximum absolute atomic E-state index is 11.1. The second-order valence-corrected chi connectivity index (χ2v) is 5.62. The van der Waals surface area contributed by atoms with E-state index in [-0.39, 0.29) is 18.5 Å². The minimum absolute atomic E-state index is 0.0343. The van der Waals surface area contributed by atoms with Gasteiger partial charge in [-0.25, -0.2) is 0 Å². The molecule has 2 aromatic rings. The third-order valence-electron chi connectivity index (χ3n) is 3.83. The molecule has 0 radical (unpaired) electrons. The van der Waals surface area contributed by atoms with Crippen molar-refractivity contribution in [1.29, 1.82) is 0 Å². The Labute approximate surface area is 132 Å². The summed E-state index contributed by atoms with van der Waals surface area (Å²) in [5, 5.41) is 12.6. The van der Waals surface area contributed by atoms with E-state index in [1.807, 2.05) is 36.4 Å². The predicted molar refractivity (Wildman–Crippen MR) is 88.8 cm³/mol. The molecular weight excluding hydrogens is 274 g/mol. The van der Waals surface area contributed by atoms with Crippen LogP contribution in [0.25, 0.3) is 0 Å². The number of aryl methyl sites for hydroxylation is 1. The largest absolute Gasteiger partial charge is 0.481 e. The van der Waals surface area contributed by atoms with Gasteiger partial charge in [-0.1, -0.05) is 60.7 Å². The van der Waals surface area contributed by atoms with Crippen molar-refractivity contribution in [3.8, 4) is 0 Å². The molecule has 0 fully saturated rings. The van der Waals surface area contributed by atoms with Crippen molar-refractivity contribution >= 4 is 5.97 Å². The highest BCUT2D eigenvalue weighted by Crippen LogP contribution is 2.15. The molecule has 0 aromatic heterocycles. The third-order valence-corrected chi connectivity index (χ3v) is 3.83. The summed E-state index contributed by atoms with van der Waals surface area (Å²) in [7, 11) is 0. The normalized spacial score (nSPS) is 13.5. The number of carboxylic acid groups (broad SMARTS) is 1. The fourth-order valence-corrected chi connectivity index (χ4v) is 2.63. The molecule has 3 nitrogen and oxygen atoms in total. The Hall–Kier alpha value is -2.13. The summed E-state index contributed by atoms with van der Waals surface area (Å²) in [5.74, 6) is -0.758. The molecule has 0 aliphatic carbocycles. The highest BCUT2D eigenvalue weighted by atomic mass is 16.4. The Balaban J connectivity index is 1.95. The fourth-order valence-electron chi connectivity index (χ4n) is 2.63. The molecule has 0 spiro atoms. The maximum Gasteiger partial charge on any atom is 0.304 e. The lowest BCUT2D eigenvalue weighted by atomic mass is 10.0. The zero-order valence-corrected chi connectivity index (χ0v) is 12.9. The van der Waals surface area contributed by atoms with Crippen LogP contribution in [0, 0.1) is 0 Å². The molecule has 0 heterocycles. The second-order valence-electron chi connectivity index (χ2n) is 5.62. The SMILES string of the molecule is CC(NC(CCc1ccccc1)CC(=O)O)c1ccccc1. The van der Waals surface area contributed by atoms with Gasteiger partial charge in [0.05, 0.1) is 6.42 Å². The fraction of sp³-hybridized carbons (Fsp3) is 0.316. The zero-order valence-electron chi connectivity index (χ0n) is 12.9. The summed E-state index contributed by atoms with van der Waals surface area (Å²) >= 11 is 0. The number of hydrogen-bond donors (Lipinski definition) is 2. The minimum Gasteiger partial charge on any atom is -0.481 e. The summed E-state index contributed by atoms with van der Waals surface area (Å²) in [6.45, 7) is 2.08. The van der Waals surface area contributed by atoms with Crippen molar-refractivity contribution in [2.24, 2.45) is 0 Å². The first-order valence-corrected chi connectivity index (χ1v) is 7.72. The number of carbonyl (C=O) groups is 1. The Morgan fingerprint density at radius 1 is 1.05 bits per heavy atom. The summed E-state index contributed by atoms with van der Waals surface area (Å²) < 4.78 is 0. The van der Waals surface area contributed by atoms with Crippen LogP contribution in [0.15, 0.2) is 60.7 Å². The Morgan fingerprint density at radius 2 is 1.64 bits per heavy atom. The van der Waals surface area contributed by atoms with Gasteiger partial charge in [0, 0.05) is 12.1 Å². The molecule has 22 heavy (non-hydrogen) atoms. The lowest BCUT2D eigenvalue weighted by Crippen LogP contribution is -2.34. The van der Waals surface area contributed by atoms with Crippen molar-refractivity contribution in [3.05, 3.63) is 71.8 Å². The van der Waals surface area contributed by atoms with Crippen molar-refractivity contribution in [1.82, 2.24) is 5.32 Å². The van der Waals surface area contributed by atoms with Crippen LogP contribution in [0.5, 0.6) is 0 Å². The number of nitrogens with one attached hydrogen (secondary N) is 1. The van der Waals surface area contributed by atoms with Crippen molar-refractivity contribution in [2.45, 2.75) is 38.3 Å². The summed E-state index contributed by atoms with van der Waals surface area (Å²) in [4.78, 5) is 11.1. The van der Waals surface area contributed by atoms with E-state index in [1.165, 1.54) is 11.1 Å². The average Bonchev–Trinajstić information content (AvgIpc) is 2.54. The molecule has 2 N–H and O–H groups in total. The zero-order chi connectivity index (χ0) is 15.8. The van der Waals surface area contributed by atoms with Crippen molar-refractivity contribution < 1.29 is 9.90 Å². The van der Waals surface area contributed by atoms with Gasteiger partial charge in [-0.05, 0) is 30.9 Å². The first kappa shape index (κ1) is 16.2.